The van der Waals surface area contributed by atoms with Crippen LogP contribution in [0.2, 0.25) is 0 Å². The van der Waals surface area contributed by atoms with Gasteiger partial charge in [-0.1, -0.05) is 12.1 Å². The average molecular weight is 411 g/mol. The van der Waals surface area contributed by atoms with Crippen molar-refractivity contribution in [3.8, 4) is 0 Å². The maximum Gasteiger partial charge on any atom is 0.435 e. The molecule has 0 fully saturated rings. The molecular formula is C18H17F4N5O2. The lowest BCUT2D eigenvalue weighted by Crippen LogP contribution is -2.35. The van der Waals surface area contributed by atoms with Gasteiger partial charge >= 0.3 is 6.18 Å². The molecular weight excluding hydrogens is 394 g/mol. The molecule has 0 radical (unpaired) electrons. The molecule has 3 rings (SSSR count). The van der Waals surface area contributed by atoms with Crippen molar-refractivity contribution < 1.29 is 22.4 Å². The summed E-state index contributed by atoms with van der Waals surface area (Å²) in [5.41, 5.74) is -1.58. The van der Waals surface area contributed by atoms with E-state index in [1.54, 1.807) is 19.9 Å². The molecule has 0 saturated carbocycles. The summed E-state index contributed by atoms with van der Waals surface area (Å²) in [6.45, 7) is 2.64. The zero-order chi connectivity index (χ0) is 21.5. The van der Waals surface area contributed by atoms with Crippen LogP contribution in [0.25, 0.3) is 10.9 Å². The van der Waals surface area contributed by atoms with Crippen molar-refractivity contribution in [3.05, 3.63) is 57.4 Å². The predicted molar refractivity (Wildman–Crippen MR) is 95.5 cm³/mol. The van der Waals surface area contributed by atoms with Crippen molar-refractivity contribution in [2.75, 3.05) is 0 Å². The number of rotatable bonds is 4. The number of halogens is 4. The molecule has 0 aliphatic rings. The fourth-order valence-corrected chi connectivity index (χ4v) is 3.00. The zero-order valence-corrected chi connectivity index (χ0v) is 15.7. The van der Waals surface area contributed by atoms with Crippen molar-refractivity contribution in [1.82, 2.24) is 24.9 Å². The van der Waals surface area contributed by atoms with Gasteiger partial charge in [-0.25, -0.2) is 9.07 Å². The van der Waals surface area contributed by atoms with E-state index in [-0.39, 0.29) is 11.1 Å². The van der Waals surface area contributed by atoms with Crippen LogP contribution in [-0.4, -0.2) is 25.5 Å². The second-order valence-corrected chi connectivity index (χ2v) is 6.65. The molecule has 11 heteroatoms. The van der Waals surface area contributed by atoms with Crippen LogP contribution in [0.3, 0.4) is 0 Å². The molecule has 154 valence electrons. The summed E-state index contributed by atoms with van der Waals surface area (Å²) in [6.07, 6.45) is -3.80. The number of hydrogen-bond acceptors (Lipinski definition) is 4. The average Bonchev–Trinajstić information content (AvgIpc) is 2.95. The molecule has 0 bridgehead atoms. The minimum Gasteiger partial charge on any atom is -0.348 e. The summed E-state index contributed by atoms with van der Waals surface area (Å²) in [4.78, 5) is 24.8. The lowest BCUT2D eigenvalue weighted by atomic mass is 10.1. The van der Waals surface area contributed by atoms with Gasteiger partial charge in [-0.3, -0.25) is 14.3 Å². The smallest absolute Gasteiger partial charge is 0.348 e. The lowest BCUT2D eigenvalue weighted by Gasteiger charge is -2.16. The fraction of sp³-hybridized carbons (Fsp3) is 0.333. The Labute approximate surface area is 161 Å². The number of fused-ring (bicyclic) bond motifs is 1. The van der Waals surface area contributed by atoms with Crippen LogP contribution in [-0.2, 0) is 24.6 Å². The Morgan fingerprint density at radius 2 is 2.00 bits per heavy atom. The van der Waals surface area contributed by atoms with Crippen LogP contribution >= 0.6 is 0 Å². The summed E-state index contributed by atoms with van der Waals surface area (Å²) < 4.78 is 55.1. The van der Waals surface area contributed by atoms with Gasteiger partial charge in [0.25, 0.3) is 5.56 Å². The molecule has 29 heavy (non-hydrogen) atoms. The van der Waals surface area contributed by atoms with Gasteiger partial charge in [0.15, 0.2) is 5.69 Å². The van der Waals surface area contributed by atoms with Crippen LogP contribution in [0.4, 0.5) is 17.6 Å². The van der Waals surface area contributed by atoms with Gasteiger partial charge in [-0.05, 0) is 25.5 Å². The van der Waals surface area contributed by atoms with E-state index >= 15 is 0 Å². The third kappa shape index (κ3) is 3.98. The molecule has 1 N–H and O–H groups in total. The molecule has 1 aromatic carbocycles. The van der Waals surface area contributed by atoms with Crippen molar-refractivity contribution in [2.45, 2.75) is 32.6 Å². The molecule has 0 aliphatic carbocycles. The number of nitrogens with zero attached hydrogens (tertiary/aromatic N) is 4. The van der Waals surface area contributed by atoms with Crippen molar-refractivity contribution >= 4 is 16.8 Å². The van der Waals surface area contributed by atoms with E-state index in [2.05, 4.69) is 15.5 Å². The Morgan fingerprint density at radius 3 is 2.62 bits per heavy atom. The molecule has 2 heterocycles. The molecule has 1 unspecified atom stereocenters. The van der Waals surface area contributed by atoms with Crippen molar-refractivity contribution in [2.24, 2.45) is 7.05 Å². The van der Waals surface area contributed by atoms with Crippen molar-refractivity contribution in [1.29, 1.82) is 0 Å². The first-order valence-electron chi connectivity index (χ1n) is 8.54. The first-order chi connectivity index (χ1) is 13.5. The van der Waals surface area contributed by atoms with E-state index in [9.17, 15) is 27.2 Å². The van der Waals surface area contributed by atoms with Gasteiger partial charge in [0, 0.05) is 12.6 Å². The Kier molecular flexibility index (Phi) is 5.16. The van der Waals surface area contributed by atoms with E-state index in [4.69, 9.17) is 0 Å². The standard InChI is InChI=1S/C18H17F4N5O2/c1-9-4-5-11(12(19)6-9)10(2)24-14(28)8-27-17(29)15-13(7-23-27)26(3)25-16(15)18(20,21)22/h4-7,10H,8H2,1-3H3,(H,24,28). The largest absolute Gasteiger partial charge is 0.435 e. The molecule has 0 aliphatic heterocycles. The number of alkyl halides is 3. The molecule has 2 aromatic heterocycles. The molecule has 3 aromatic rings. The Balaban J connectivity index is 1.87. The SMILES string of the molecule is Cc1ccc(C(C)NC(=O)Cn2ncc3c(c(C(F)(F)F)nn3C)c2=O)c(F)c1. The highest BCUT2D eigenvalue weighted by atomic mass is 19.4. The van der Waals surface area contributed by atoms with E-state index in [1.807, 2.05) is 0 Å². The van der Waals surface area contributed by atoms with Crippen LogP contribution in [0.15, 0.2) is 29.2 Å². The lowest BCUT2D eigenvalue weighted by molar-refractivity contribution is -0.140. The minimum atomic E-state index is -4.84. The van der Waals surface area contributed by atoms with Gasteiger partial charge in [0.1, 0.15) is 17.7 Å². The third-order valence-corrected chi connectivity index (χ3v) is 4.42. The maximum atomic E-state index is 14.0. The Hall–Kier alpha value is -3.24. The van der Waals surface area contributed by atoms with Crippen LogP contribution in [0, 0.1) is 12.7 Å². The van der Waals surface area contributed by atoms with Gasteiger partial charge in [0.05, 0.1) is 17.8 Å². The summed E-state index contributed by atoms with van der Waals surface area (Å²) in [5, 5.41) is 8.94. The Morgan fingerprint density at radius 1 is 1.31 bits per heavy atom. The van der Waals surface area contributed by atoms with Crippen LogP contribution in [0.1, 0.15) is 29.8 Å². The summed E-state index contributed by atoms with van der Waals surface area (Å²) in [6, 6.07) is 3.81. The van der Waals surface area contributed by atoms with Crippen LogP contribution in [0.5, 0.6) is 0 Å². The van der Waals surface area contributed by atoms with E-state index in [0.29, 0.717) is 10.2 Å². The Bertz CT molecular complexity index is 1150. The van der Waals surface area contributed by atoms with Crippen molar-refractivity contribution in [3.63, 3.8) is 0 Å². The topological polar surface area (TPSA) is 81.8 Å². The molecule has 1 amide bonds. The molecule has 0 spiro atoms. The van der Waals surface area contributed by atoms with Gasteiger partial charge in [-0.2, -0.15) is 23.4 Å². The number of aryl methyl sites for hydroxylation is 2. The second kappa shape index (κ2) is 7.30. The first kappa shape index (κ1) is 20.5. The zero-order valence-electron chi connectivity index (χ0n) is 15.7. The molecule has 1 atom stereocenters. The van der Waals surface area contributed by atoms with E-state index in [0.717, 1.165) is 10.9 Å². The van der Waals surface area contributed by atoms with Crippen LogP contribution < -0.4 is 10.9 Å². The molecule has 0 saturated heterocycles. The summed E-state index contributed by atoms with van der Waals surface area (Å²) in [7, 11) is 1.26. The van der Waals surface area contributed by atoms with Gasteiger partial charge < -0.3 is 5.32 Å². The highest BCUT2D eigenvalue weighted by Gasteiger charge is 2.38. The highest BCUT2D eigenvalue weighted by Crippen LogP contribution is 2.31. The first-order valence-corrected chi connectivity index (χ1v) is 8.54. The normalized spacial score (nSPS) is 12.9. The number of carbonyl (C=O) groups excluding carboxylic acids is 1. The predicted octanol–water partition coefficient (Wildman–Crippen LogP) is 2.47. The summed E-state index contributed by atoms with van der Waals surface area (Å²) in [5.74, 6) is -1.21. The minimum absolute atomic E-state index is 0.103. The maximum absolute atomic E-state index is 14.0. The highest BCUT2D eigenvalue weighted by molar-refractivity contribution is 5.81. The second-order valence-electron chi connectivity index (χ2n) is 6.65. The number of nitrogens with one attached hydrogen (secondary N) is 1. The number of amides is 1. The van der Waals surface area contributed by atoms with Gasteiger partial charge in [-0.15, -0.1) is 0 Å². The summed E-state index contributed by atoms with van der Waals surface area (Å²) >= 11 is 0. The number of benzene rings is 1. The monoisotopic (exact) mass is 411 g/mol. The quantitative estimate of drug-likeness (QED) is 0.669. The van der Waals surface area contributed by atoms with E-state index in [1.165, 1.54) is 19.2 Å². The van der Waals surface area contributed by atoms with E-state index < -0.39 is 47.1 Å². The fourth-order valence-electron chi connectivity index (χ4n) is 3.00. The number of carbonyl (C=O) groups is 1. The number of aromatic nitrogens is 4. The van der Waals surface area contributed by atoms with Gasteiger partial charge in [0.2, 0.25) is 5.91 Å². The molecule has 7 nitrogen and oxygen atoms in total. The number of hydrogen-bond donors (Lipinski definition) is 1. The third-order valence-electron chi connectivity index (χ3n) is 4.42.